The standard InChI is InChI=1S/C21H20N6O3S/c1-13-6-10-16(11-7-13)31(28,29)27-26-20-18(22)21(24-12-23-20)30-17-5-3-4-15-9-8-14(2)25-19(15)17/h3-12,27H,22H2,1-2H3,(H,23,24,26). The van der Waals surface area contributed by atoms with E-state index in [1.54, 1.807) is 18.2 Å². The van der Waals surface area contributed by atoms with E-state index in [4.69, 9.17) is 10.5 Å². The molecule has 9 nitrogen and oxygen atoms in total. The molecule has 0 amide bonds. The number of benzene rings is 2. The molecule has 0 spiro atoms. The lowest BCUT2D eigenvalue weighted by Crippen LogP contribution is -2.30. The number of nitrogens with zero attached hydrogens (tertiary/aromatic N) is 3. The number of hydrazine groups is 1. The van der Waals surface area contributed by atoms with Gasteiger partial charge in [-0.2, -0.15) is 4.98 Å². The maximum absolute atomic E-state index is 12.5. The summed E-state index contributed by atoms with van der Waals surface area (Å²) in [5.41, 5.74) is 11.1. The number of aromatic nitrogens is 3. The number of hydrogen-bond donors (Lipinski definition) is 3. The molecule has 10 heteroatoms. The Hall–Kier alpha value is -3.76. The predicted molar refractivity (Wildman–Crippen MR) is 118 cm³/mol. The van der Waals surface area contributed by atoms with Crippen molar-refractivity contribution in [3.05, 3.63) is 72.2 Å². The molecular formula is C21H20N6O3S. The van der Waals surface area contributed by atoms with Gasteiger partial charge in [-0.05, 0) is 38.1 Å². The van der Waals surface area contributed by atoms with Gasteiger partial charge in [0.25, 0.3) is 10.0 Å². The number of fused-ring (bicyclic) bond motifs is 1. The molecule has 0 atom stereocenters. The van der Waals surface area contributed by atoms with Crippen LogP contribution in [-0.4, -0.2) is 23.4 Å². The van der Waals surface area contributed by atoms with Crippen LogP contribution in [0.4, 0.5) is 11.5 Å². The van der Waals surface area contributed by atoms with Crippen LogP contribution in [0.2, 0.25) is 0 Å². The highest BCUT2D eigenvalue weighted by Crippen LogP contribution is 2.32. The number of hydrogen-bond acceptors (Lipinski definition) is 8. The number of aryl methyl sites for hydroxylation is 2. The number of rotatable bonds is 6. The van der Waals surface area contributed by atoms with E-state index in [-0.39, 0.29) is 22.3 Å². The van der Waals surface area contributed by atoms with Crippen LogP contribution in [0, 0.1) is 13.8 Å². The topological polar surface area (TPSA) is 132 Å². The third-order valence-corrected chi connectivity index (χ3v) is 5.78. The van der Waals surface area contributed by atoms with Crippen molar-refractivity contribution in [1.29, 1.82) is 0 Å². The molecule has 0 aliphatic rings. The molecular weight excluding hydrogens is 416 g/mol. The molecule has 31 heavy (non-hydrogen) atoms. The maximum atomic E-state index is 12.5. The molecule has 0 saturated carbocycles. The second-order valence-corrected chi connectivity index (χ2v) is 8.55. The predicted octanol–water partition coefficient (Wildman–Crippen LogP) is 3.32. The Morgan fingerprint density at radius 1 is 0.968 bits per heavy atom. The molecule has 0 fully saturated rings. The molecule has 2 aromatic carbocycles. The van der Waals surface area contributed by atoms with E-state index in [0.29, 0.717) is 11.3 Å². The van der Waals surface area contributed by atoms with E-state index in [9.17, 15) is 8.42 Å². The highest BCUT2D eigenvalue weighted by Gasteiger charge is 2.17. The van der Waals surface area contributed by atoms with Crippen LogP contribution < -0.4 is 20.7 Å². The number of pyridine rings is 1. The molecule has 4 aromatic rings. The summed E-state index contributed by atoms with van der Waals surface area (Å²) >= 11 is 0. The number of nitrogen functional groups attached to an aromatic ring is 1. The lowest BCUT2D eigenvalue weighted by Gasteiger charge is -2.13. The Balaban J connectivity index is 1.58. The van der Waals surface area contributed by atoms with Gasteiger partial charge in [0, 0.05) is 11.1 Å². The highest BCUT2D eigenvalue weighted by atomic mass is 32.2. The van der Waals surface area contributed by atoms with Gasteiger partial charge >= 0.3 is 0 Å². The number of nitrogens with one attached hydrogen (secondary N) is 2. The van der Waals surface area contributed by atoms with Gasteiger partial charge in [0.1, 0.15) is 17.5 Å². The first-order chi connectivity index (χ1) is 14.8. The molecule has 4 rings (SSSR count). The lowest BCUT2D eigenvalue weighted by atomic mass is 10.2. The van der Waals surface area contributed by atoms with Gasteiger partial charge in [-0.1, -0.05) is 35.9 Å². The summed E-state index contributed by atoms with van der Waals surface area (Å²) in [6.45, 7) is 3.76. The van der Waals surface area contributed by atoms with Crippen molar-refractivity contribution >= 4 is 32.4 Å². The Labute approximate surface area is 179 Å². The summed E-state index contributed by atoms with van der Waals surface area (Å²) in [6.07, 6.45) is 1.22. The minimum absolute atomic E-state index is 0.0405. The summed E-state index contributed by atoms with van der Waals surface area (Å²) in [6, 6.07) is 15.8. The molecule has 2 heterocycles. The summed E-state index contributed by atoms with van der Waals surface area (Å²) in [7, 11) is -3.83. The van der Waals surface area contributed by atoms with Crippen LogP contribution in [0.15, 0.2) is 65.8 Å². The van der Waals surface area contributed by atoms with Crippen LogP contribution in [0.1, 0.15) is 11.3 Å². The van der Waals surface area contributed by atoms with E-state index in [1.165, 1.54) is 18.5 Å². The smallest absolute Gasteiger partial charge is 0.257 e. The fourth-order valence-electron chi connectivity index (χ4n) is 2.86. The van der Waals surface area contributed by atoms with Crippen LogP contribution >= 0.6 is 0 Å². The molecule has 0 bridgehead atoms. The van der Waals surface area contributed by atoms with E-state index in [1.807, 2.05) is 38.1 Å². The Morgan fingerprint density at radius 3 is 2.52 bits per heavy atom. The van der Waals surface area contributed by atoms with Crippen molar-refractivity contribution in [2.24, 2.45) is 0 Å². The van der Waals surface area contributed by atoms with Crippen molar-refractivity contribution in [2.75, 3.05) is 11.2 Å². The van der Waals surface area contributed by atoms with Gasteiger partial charge < -0.3 is 10.5 Å². The van der Waals surface area contributed by atoms with Crippen molar-refractivity contribution < 1.29 is 13.2 Å². The monoisotopic (exact) mass is 436 g/mol. The summed E-state index contributed by atoms with van der Waals surface area (Å²) in [5, 5.41) is 0.903. The van der Waals surface area contributed by atoms with Gasteiger partial charge in [-0.3, -0.25) is 5.43 Å². The molecule has 0 unspecified atom stereocenters. The van der Waals surface area contributed by atoms with Crippen molar-refractivity contribution in [2.45, 2.75) is 18.7 Å². The molecule has 158 valence electrons. The number of para-hydroxylation sites is 1. The van der Waals surface area contributed by atoms with Crippen LogP contribution in [0.25, 0.3) is 10.9 Å². The number of anilines is 2. The Bertz CT molecular complexity index is 1360. The molecule has 0 radical (unpaired) electrons. The minimum atomic E-state index is -3.83. The fourth-order valence-corrected chi connectivity index (χ4v) is 3.70. The summed E-state index contributed by atoms with van der Waals surface area (Å²) in [5.74, 6) is 0.602. The first-order valence-electron chi connectivity index (χ1n) is 9.33. The first kappa shape index (κ1) is 20.5. The highest BCUT2D eigenvalue weighted by molar-refractivity contribution is 7.89. The summed E-state index contributed by atoms with van der Waals surface area (Å²) < 4.78 is 30.9. The Kier molecular flexibility index (Phi) is 5.40. The zero-order valence-electron chi connectivity index (χ0n) is 16.8. The molecule has 2 aromatic heterocycles. The van der Waals surface area contributed by atoms with Crippen LogP contribution in [-0.2, 0) is 10.0 Å². The normalized spacial score (nSPS) is 11.4. The first-order valence-corrected chi connectivity index (χ1v) is 10.8. The second-order valence-electron chi connectivity index (χ2n) is 6.87. The average molecular weight is 436 g/mol. The number of ether oxygens (including phenoxy) is 1. The van der Waals surface area contributed by atoms with E-state index in [0.717, 1.165) is 16.6 Å². The van der Waals surface area contributed by atoms with E-state index in [2.05, 4.69) is 25.2 Å². The molecule has 0 aliphatic carbocycles. The fraction of sp³-hybridized carbons (Fsp3) is 0.0952. The van der Waals surface area contributed by atoms with Gasteiger partial charge in [0.05, 0.1) is 4.90 Å². The molecule has 4 N–H and O–H groups in total. The SMILES string of the molecule is Cc1ccc(S(=O)(=O)NNc2ncnc(Oc3cccc4ccc(C)nc34)c2N)cc1. The van der Waals surface area contributed by atoms with Crippen molar-refractivity contribution in [3.63, 3.8) is 0 Å². The van der Waals surface area contributed by atoms with E-state index >= 15 is 0 Å². The Morgan fingerprint density at radius 2 is 1.74 bits per heavy atom. The van der Waals surface area contributed by atoms with Crippen molar-refractivity contribution in [3.8, 4) is 11.6 Å². The third kappa shape index (κ3) is 4.39. The maximum Gasteiger partial charge on any atom is 0.257 e. The van der Waals surface area contributed by atoms with Gasteiger partial charge in [-0.25, -0.2) is 18.4 Å². The van der Waals surface area contributed by atoms with Gasteiger partial charge in [0.2, 0.25) is 5.88 Å². The van der Waals surface area contributed by atoms with Crippen LogP contribution in [0.3, 0.4) is 0 Å². The van der Waals surface area contributed by atoms with Gasteiger partial charge in [-0.15, -0.1) is 4.83 Å². The number of nitrogens with two attached hydrogens (primary N) is 1. The zero-order valence-corrected chi connectivity index (χ0v) is 17.6. The molecule has 0 aliphatic heterocycles. The van der Waals surface area contributed by atoms with Crippen LogP contribution in [0.5, 0.6) is 11.6 Å². The quantitative estimate of drug-likeness (QED) is 0.392. The molecule has 0 saturated heterocycles. The summed E-state index contributed by atoms with van der Waals surface area (Å²) in [4.78, 5) is 15.0. The van der Waals surface area contributed by atoms with E-state index < -0.39 is 10.0 Å². The second kappa shape index (κ2) is 8.17. The lowest BCUT2D eigenvalue weighted by molar-refractivity contribution is 0.468. The minimum Gasteiger partial charge on any atom is -0.435 e. The third-order valence-electron chi connectivity index (χ3n) is 4.51. The number of sulfonamides is 1. The zero-order chi connectivity index (χ0) is 22.0. The van der Waals surface area contributed by atoms with Crippen molar-refractivity contribution in [1.82, 2.24) is 19.8 Å². The largest absolute Gasteiger partial charge is 0.435 e. The van der Waals surface area contributed by atoms with Gasteiger partial charge in [0.15, 0.2) is 11.6 Å². The average Bonchev–Trinajstić information content (AvgIpc) is 2.75.